The van der Waals surface area contributed by atoms with Crippen molar-refractivity contribution in [1.29, 1.82) is 0 Å². The van der Waals surface area contributed by atoms with Crippen LogP contribution in [0.3, 0.4) is 0 Å². The Bertz CT molecular complexity index is 907. The van der Waals surface area contributed by atoms with Gasteiger partial charge in [0, 0.05) is 32.7 Å². The zero-order valence-electron chi connectivity index (χ0n) is 17.0. The Hall–Kier alpha value is -2.71. The standard InChI is InChI=1S/C21H26N6O2.ClH/c1-2-18(20-22-23-24-27(20)11-10-17-7-4-3-5-8-17)25-12-14-26(15-13-25)21(28)19-9-6-16-29-19;/h3-9,16,18H,2,10-15H2,1H3;1H/p-1. The van der Waals surface area contributed by atoms with Gasteiger partial charge in [-0.2, -0.15) is 0 Å². The number of carbonyl (C=O) groups excluding carboxylic acids is 1. The summed E-state index contributed by atoms with van der Waals surface area (Å²) in [4.78, 5) is 16.7. The molecule has 8 nitrogen and oxygen atoms in total. The largest absolute Gasteiger partial charge is 1.00 e. The number of tetrazole rings is 1. The second-order valence-corrected chi connectivity index (χ2v) is 7.23. The molecule has 1 aromatic carbocycles. The number of aromatic nitrogens is 4. The van der Waals surface area contributed by atoms with Crippen molar-refractivity contribution in [2.45, 2.75) is 32.4 Å². The van der Waals surface area contributed by atoms with E-state index in [1.807, 2.05) is 27.8 Å². The molecule has 160 valence electrons. The molecule has 0 aliphatic carbocycles. The first-order chi connectivity index (χ1) is 14.3. The second-order valence-electron chi connectivity index (χ2n) is 7.23. The van der Waals surface area contributed by atoms with Gasteiger partial charge in [-0.1, -0.05) is 37.3 Å². The average Bonchev–Trinajstić information content (AvgIpc) is 3.46. The highest BCUT2D eigenvalue weighted by Gasteiger charge is 2.30. The summed E-state index contributed by atoms with van der Waals surface area (Å²) in [5.41, 5.74) is 1.27. The Morgan fingerprint density at radius 1 is 1.10 bits per heavy atom. The van der Waals surface area contributed by atoms with Crippen LogP contribution in [0.2, 0.25) is 0 Å². The van der Waals surface area contributed by atoms with Crippen LogP contribution in [0.4, 0.5) is 0 Å². The van der Waals surface area contributed by atoms with Gasteiger partial charge < -0.3 is 21.7 Å². The number of hydrogen-bond acceptors (Lipinski definition) is 6. The lowest BCUT2D eigenvalue weighted by Crippen LogP contribution is -3.00. The van der Waals surface area contributed by atoms with Crippen LogP contribution >= 0.6 is 0 Å². The first-order valence-electron chi connectivity index (χ1n) is 10.1. The minimum absolute atomic E-state index is 0. The molecule has 1 atom stereocenters. The molecular weight excluding hydrogens is 404 g/mol. The number of amides is 1. The van der Waals surface area contributed by atoms with Crippen LogP contribution in [-0.2, 0) is 13.0 Å². The van der Waals surface area contributed by atoms with Crippen LogP contribution in [0.5, 0.6) is 0 Å². The maximum Gasteiger partial charge on any atom is 0.289 e. The molecule has 0 radical (unpaired) electrons. The fourth-order valence-corrected chi connectivity index (χ4v) is 3.89. The summed E-state index contributed by atoms with van der Waals surface area (Å²) in [5.74, 6) is 1.25. The Kier molecular flexibility index (Phi) is 7.59. The Labute approximate surface area is 182 Å². The summed E-state index contributed by atoms with van der Waals surface area (Å²) in [7, 11) is 0. The summed E-state index contributed by atoms with van der Waals surface area (Å²) in [6, 6.07) is 14.0. The normalized spacial score (nSPS) is 15.6. The summed E-state index contributed by atoms with van der Waals surface area (Å²) >= 11 is 0. The summed E-state index contributed by atoms with van der Waals surface area (Å²) in [6.45, 7) is 5.82. The SMILES string of the molecule is CCC(c1nnnn1CCc1ccccc1)N1CCN(C(=O)c2ccco2)CC1.[Cl-]. The maximum atomic E-state index is 12.5. The predicted octanol–water partition coefficient (Wildman–Crippen LogP) is -0.578. The third kappa shape index (κ3) is 4.88. The van der Waals surface area contributed by atoms with Gasteiger partial charge in [-0.25, -0.2) is 4.68 Å². The monoisotopic (exact) mass is 429 g/mol. The van der Waals surface area contributed by atoms with Crippen LogP contribution in [0, 0.1) is 0 Å². The molecule has 0 saturated carbocycles. The van der Waals surface area contributed by atoms with Crippen molar-refractivity contribution in [1.82, 2.24) is 30.0 Å². The van der Waals surface area contributed by atoms with Gasteiger partial charge in [0.2, 0.25) is 0 Å². The molecule has 30 heavy (non-hydrogen) atoms. The van der Waals surface area contributed by atoms with E-state index in [2.05, 4.69) is 39.5 Å². The van der Waals surface area contributed by atoms with Crippen molar-refractivity contribution in [2.24, 2.45) is 0 Å². The van der Waals surface area contributed by atoms with Crippen LogP contribution in [-0.4, -0.2) is 62.1 Å². The lowest BCUT2D eigenvalue weighted by atomic mass is 10.1. The minimum atomic E-state index is -0.0459. The van der Waals surface area contributed by atoms with Gasteiger partial charge in [-0.05, 0) is 41.0 Å². The average molecular weight is 430 g/mol. The summed E-state index contributed by atoms with van der Waals surface area (Å²) in [5, 5.41) is 12.5. The smallest absolute Gasteiger partial charge is 0.289 e. The number of carbonyl (C=O) groups is 1. The van der Waals surface area contributed by atoms with Crippen molar-refractivity contribution in [3.8, 4) is 0 Å². The van der Waals surface area contributed by atoms with Crippen LogP contribution < -0.4 is 12.4 Å². The first-order valence-corrected chi connectivity index (χ1v) is 10.1. The second kappa shape index (κ2) is 10.4. The molecule has 2 aromatic heterocycles. The highest BCUT2D eigenvalue weighted by molar-refractivity contribution is 5.91. The van der Waals surface area contributed by atoms with E-state index in [-0.39, 0.29) is 24.4 Å². The van der Waals surface area contributed by atoms with Gasteiger partial charge in [-0.15, -0.1) is 5.10 Å². The molecule has 1 aliphatic heterocycles. The predicted molar refractivity (Wildman–Crippen MR) is 107 cm³/mol. The molecule has 9 heteroatoms. The highest BCUT2D eigenvalue weighted by atomic mass is 35.5. The van der Waals surface area contributed by atoms with Gasteiger partial charge in [0.25, 0.3) is 5.91 Å². The molecule has 0 spiro atoms. The first kappa shape index (κ1) is 22.0. The quantitative estimate of drug-likeness (QED) is 0.500. The van der Waals surface area contributed by atoms with Crippen molar-refractivity contribution in [3.05, 3.63) is 65.9 Å². The molecule has 3 aromatic rings. The van der Waals surface area contributed by atoms with E-state index in [9.17, 15) is 4.79 Å². The lowest BCUT2D eigenvalue weighted by molar-refractivity contribution is -0.0000171. The number of rotatable bonds is 7. The molecule has 1 fully saturated rings. The van der Waals surface area contributed by atoms with Crippen LogP contribution in [0.1, 0.15) is 41.3 Å². The number of halogens is 1. The lowest BCUT2D eigenvalue weighted by Gasteiger charge is -2.38. The van der Waals surface area contributed by atoms with Gasteiger partial charge >= 0.3 is 0 Å². The van der Waals surface area contributed by atoms with Gasteiger partial charge in [0.05, 0.1) is 12.3 Å². The molecule has 1 unspecified atom stereocenters. The van der Waals surface area contributed by atoms with Crippen molar-refractivity contribution >= 4 is 5.91 Å². The van der Waals surface area contributed by atoms with E-state index >= 15 is 0 Å². The van der Waals surface area contributed by atoms with E-state index in [1.165, 1.54) is 11.8 Å². The molecule has 4 rings (SSSR count). The number of furan rings is 1. The van der Waals surface area contributed by atoms with Gasteiger partial charge in [0.15, 0.2) is 11.6 Å². The van der Waals surface area contributed by atoms with E-state index in [4.69, 9.17) is 4.42 Å². The zero-order chi connectivity index (χ0) is 20.1. The summed E-state index contributed by atoms with van der Waals surface area (Å²) in [6.07, 6.45) is 3.34. The van der Waals surface area contributed by atoms with E-state index in [0.717, 1.165) is 38.3 Å². The maximum absolute atomic E-state index is 12.5. The molecular formula is C21H26ClN6O2-. The number of benzene rings is 1. The van der Waals surface area contributed by atoms with E-state index in [0.29, 0.717) is 18.8 Å². The van der Waals surface area contributed by atoms with Crippen LogP contribution in [0.15, 0.2) is 53.1 Å². The number of nitrogens with zero attached hydrogens (tertiary/aromatic N) is 6. The number of aryl methyl sites for hydroxylation is 2. The third-order valence-electron chi connectivity index (χ3n) is 5.47. The van der Waals surface area contributed by atoms with Crippen molar-refractivity contribution in [3.63, 3.8) is 0 Å². The fourth-order valence-electron chi connectivity index (χ4n) is 3.89. The Morgan fingerprint density at radius 2 is 1.87 bits per heavy atom. The molecule has 0 bridgehead atoms. The Balaban J connectivity index is 0.00000256. The molecule has 1 aliphatic rings. The topological polar surface area (TPSA) is 80.3 Å². The van der Waals surface area contributed by atoms with E-state index < -0.39 is 0 Å². The van der Waals surface area contributed by atoms with Gasteiger partial charge in [0.1, 0.15) is 0 Å². The fraction of sp³-hybridized carbons (Fsp3) is 0.429. The van der Waals surface area contributed by atoms with E-state index in [1.54, 1.807) is 12.1 Å². The Morgan fingerprint density at radius 3 is 2.53 bits per heavy atom. The van der Waals surface area contributed by atoms with Gasteiger partial charge in [-0.3, -0.25) is 9.69 Å². The van der Waals surface area contributed by atoms with Crippen molar-refractivity contribution < 1.29 is 21.6 Å². The molecule has 1 saturated heterocycles. The molecule has 0 N–H and O–H groups in total. The summed E-state index contributed by atoms with van der Waals surface area (Å²) < 4.78 is 7.17. The number of hydrogen-bond donors (Lipinski definition) is 0. The highest BCUT2D eigenvalue weighted by Crippen LogP contribution is 2.24. The van der Waals surface area contributed by atoms with Crippen LogP contribution in [0.25, 0.3) is 0 Å². The molecule has 1 amide bonds. The third-order valence-corrected chi connectivity index (χ3v) is 5.47. The zero-order valence-corrected chi connectivity index (χ0v) is 17.8. The van der Waals surface area contributed by atoms with Crippen molar-refractivity contribution in [2.75, 3.05) is 26.2 Å². The molecule has 3 heterocycles. The minimum Gasteiger partial charge on any atom is -1.00 e. The number of piperazine rings is 1.